The average Bonchev–Trinajstić information content (AvgIpc) is 3.21. The van der Waals surface area contributed by atoms with Gasteiger partial charge in [0.1, 0.15) is 5.82 Å². The summed E-state index contributed by atoms with van der Waals surface area (Å²) < 4.78 is 31.0. The van der Waals surface area contributed by atoms with Gasteiger partial charge in [-0.1, -0.05) is 29.8 Å². The second-order valence-corrected chi connectivity index (χ2v) is 8.43. The van der Waals surface area contributed by atoms with Crippen LogP contribution < -0.4 is 10.2 Å². The van der Waals surface area contributed by atoms with E-state index in [4.69, 9.17) is 0 Å². The molecule has 0 spiro atoms. The van der Waals surface area contributed by atoms with Crippen molar-refractivity contribution in [3.05, 3.63) is 71.1 Å². The second kappa shape index (κ2) is 8.97. The summed E-state index contributed by atoms with van der Waals surface area (Å²) >= 11 is 1.36. The molecular weight excluding hydrogens is 420 g/mol. The van der Waals surface area contributed by atoms with Gasteiger partial charge in [0.05, 0.1) is 0 Å². The van der Waals surface area contributed by atoms with E-state index in [0.717, 1.165) is 23.1 Å². The Kier molecular flexibility index (Phi) is 6.13. The van der Waals surface area contributed by atoms with Gasteiger partial charge in [-0.3, -0.25) is 0 Å². The van der Waals surface area contributed by atoms with Gasteiger partial charge in [0.15, 0.2) is 11.6 Å². The lowest BCUT2D eigenvalue weighted by Gasteiger charge is -2.39. The lowest BCUT2D eigenvalue weighted by molar-refractivity contribution is 0.185. The Morgan fingerprint density at radius 1 is 1.16 bits per heavy atom. The number of halogens is 2. The predicted molar refractivity (Wildman–Crippen MR) is 118 cm³/mol. The van der Waals surface area contributed by atoms with Crippen LogP contribution in [0.2, 0.25) is 0 Å². The summed E-state index contributed by atoms with van der Waals surface area (Å²) in [7, 11) is 0. The normalized spacial score (nSPS) is 16.5. The first-order valence-corrected chi connectivity index (χ1v) is 10.8. The number of nitrogens with zero attached hydrogens (tertiary/aromatic N) is 4. The maximum Gasteiger partial charge on any atom is 0.322 e. The Hall–Kier alpha value is -3.07. The van der Waals surface area contributed by atoms with E-state index in [0.29, 0.717) is 26.1 Å². The summed E-state index contributed by atoms with van der Waals surface area (Å²) in [6, 6.07) is 11.2. The maximum atomic E-state index is 13.4. The van der Waals surface area contributed by atoms with Gasteiger partial charge >= 0.3 is 6.03 Å². The Balaban J connectivity index is 1.35. The van der Waals surface area contributed by atoms with Crippen LogP contribution in [-0.4, -0.2) is 46.0 Å². The first-order valence-electron chi connectivity index (χ1n) is 10.0. The molecule has 3 aromatic rings. The molecule has 0 aliphatic carbocycles. The third-order valence-corrected chi connectivity index (χ3v) is 6.08. The van der Waals surface area contributed by atoms with Gasteiger partial charge in [0, 0.05) is 55.4 Å². The zero-order chi connectivity index (χ0) is 22.0. The van der Waals surface area contributed by atoms with E-state index >= 15 is 0 Å². The number of hydrogen-bond donors (Lipinski definition) is 1. The minimum absolute atomic E-state index is 0.0801. The smallest absolute Gasteiger partial charge is 0.322 e. The summed E-state index contributed by atoms with van der Waals surface area (Å²) in [4.78, 5) is 21.1. The molecule has 1 aliphatic heterocycles. The minimum Gasteiger partial charge on any atom is -0.343 e. The number of amides is 2. The molecule has 1 aliphatic rings. The van der Waals surface area contributed by atoms with E-state index in [1.54, 1.807) is 4.90 Å². The van der Waals surface area contributed by atoms with Crippen LogP contribution in [-0.2, 0) is 6.42 Å². The van der Waals surface area contributed by atoms with Crippen molar-refractivity contribution in [2.75, 3.05) is 29.9 Å². The zero-order valence-electron chi connectivity index (χ0n) is 17.3. The molecule has 6 nitrogen and oxygen atoms in total. The highest BCUT2D eigenvalue weighted by atomic mass is 32.1. The molecule has 9 heteroatoms. The molecule has 2 amide bonds. The number of nitrogens with one attached hydrogen (secondary N) is 1. The van der Waals surface area contributed by atoms with Gasteiger partial charge in [-0.2, -0.15) is 4.37 Å². The van der Waals surface area contributed by atoms with Gasteiger partial charge in [0.25, 0.3) is 0 Å². The number of anilines is 2. The second-order valence-electron chi connectivity index (χ2n) is 7.70. The highest BCUT2D eigenvalue weighted by Gasteiger charge is 2.29. The van der Waals surface area contributed by atoms with Crippen molar-refractivity contribution in [1.29, 1.82) is 0 Å². The van der Waals surface area contributed by atoms with Crippen molar-refractivity contribution in [1.82, 2.24) is 14.3 Å². The first kappa shape index (κ1) is 21.2. The monoisotopic (exact) mass is 443 g/mol. The molecule has 1 unspecified atom stereocenters. The van der Waals surface area contributed by atoms with E-state index < -0.39 is 11.6 Å². The van der Waals surface area contributed by atoms with Gasteiger partial charge in [-0.05, 0) is 31.5 Å². The van der Waals surface area contributed by atoms with Crippen LogP contribution in [0, 0.1) is 18.6 Å². The molecule has 1 aromatic heterocycles. The molecule has 4 rings (SSSR count). The van der Waals surface area contributed by atoms with Crippen molar-refractivity contribution >= 4 is 28.4 Å². The van der Waals surface area contributed by atoms with Crippen LogP contribution in [0.1, 0.15) is 23.9 Å². The van der Waals surface area contributed by atoms with E-state index in [9.17, 15) is 13.6 Å². The number of carbonyl (C=O) groups excluding carboxylic acids is 1. The van der Waals surface area contributed by atoms with E-state index in [-0.39, 0.29) is 17.8 Å². The van der Waals surface area contributed by atoms with Gasteiger partial charge in [0.2, 0.25) is 5.13 Å². The molecule has 2 aromatic carbocycles. The molecule has 0 saturated carbocycles. The van der Waals surface area contributed by atoms with Gasteiger partial charge < -0.3 is 15.1 Å². The van der Waals surface area contributed by atoms with Crippen LogP contribution in [0.3, 0.4) is 0 Å². The summed E-state index contributed by atoms with van der Waals surface area (Å²) in [6.45, 7) is 5.73. The molecule has 31 heavy (non-hydrogen) atoms. The van der Waals surface area contributed by atoms with Crippen LogP contribution in [0.5, 0.6) is 0 Å². The lowest BCUT2D eigenvalue weighted by Crippen LogP contribution is -2.55. The molecule has 0 radical (unpaired) electrons. The molecule has 1 saturated heterocycles. The van der Waals surface area contributed by atoms with Crippen molar-refractivity contribution in [2.24, 2.45) is 0 Å². The molecular formula is C22H23F2N5OS. The Labute approximate surface area is 183 Å². The average molecular weight is 444 g/mol. The molecule has 0 bridgehead atoms. The number of piperazine rings is 1. The number of hydrogen-bond acceptors (Lipinski definition) is 5. The predicted octanol–water partition coefficient (Wildman–Crippen LogP) is 4.46. The van der Waals surface area contributed by atoms with E-state index in [1.165, 1.54) is 28.7 Å². The maximum absolute atomic E-state index is 13.4. The number of carbonyl (C=O) groups is 1. The highest BCUT2D eigenvalue weighted by Crippen LogP contribution is 2.23. The summed E-state index contributed by atoms with van der Waals surface area (Å²) in [5, 5.41) is 3.48. The Bertz CT molecular complexity index is 1070. The SMILES string of the molecule is Cc1ccc(Cc2nsc(N3CCN(C(=O)Nc4ccc(F)c(F)c4)C(C)C3)n2)cc1. The molecule has 2 heterocycles. The summed E-state index contributed by atoms with van der Waals surface area (Å²) in [5.41, 5.74) is 2.61. The van der Waals surface area contributed by atoms with Crippen LogP contribution in [0.4, 0.5) is 24.4 Å². The van der Waals surface area contributed by atoms with Crippen molar-refractivity contribution < 1.29 is 13.6 Å². The Morgan fingerprint density at radius 3 is 2.65 bits per heavy atom. The van der Waals surface area contributed by atoms with Crippen LogP contribution >= 0.6 is 11.5 Å². The van der Waals surface area contributed by atoms with Crippen LogP contribution in [0.25, 0.3) is 0 Å². The summed E-state index contributed by atoms with van der Waals surface area (Å²) in [6.07, 6.45) is 0.683. The standard InChI is InChI=1S/C22H23F2N5OS/c1-14-3-5-16(6-4-14)11-20-26-22(31-27-20)28-9-10-29(15(2)13-28)21(30)25-17-7-8-18(23)19(24)12-17/h3-8,12,15H,9-11,13H2,1-2H3,(H,25,30). The number of aromatic nitrogens is 2. The fraction of sp³-hybridized carbons (Fsp3) is 0.318. The number of benzene rings is 2. The number of aryl methyl sites for hydroxylation is 1. The third-order valence-electron chi connectivity index (χ3n) is 5.27. The summed E-state index contributed by atoms with van der Waals surface area (Å²) in [5.74, 6) is -1.15. The van der Waals surface area contributed by atoms with Gasteiger partial charge in [-0.25, -0.2) is 18.6 Å². The van der Waals surface area contributed by atoms with Gasteiger partial charge in [-0.15, -0.1) is 0 Å². The topological polar surface area (TPSA) is 61.4 Å². The molecule has 1 atom stereocenters. The van der Waals surface area contributed by atoms with Crippen LogP contribution in [0.15, 0.2) is 42.5 Å². The Morgan fingerprint density at radius 2 is 1.94 bits per heavy atom. The van der Waals surface area contributed by atoms with Crippen molar-refractivity contribution in [3.8, 4) is 0 Å². The fourth-order valence-electron chi connectivity index (χ4n) is 3.54. The minimum atomic E-state index is -0.992. The van der Waals surface area contributed by atoms with Crippen molar-refractivity contribution in [2.45, 2.75) is 26.3 Å². The molecule has 1 fully saturated rings. The van der Waals surface area contributed by atoms with E-state index in [1.807, 2.05) is 6.92 Å². The zero-order valence-corrected chi connectivity index (χ0v) is 18.1. The van der Waals surface area contributed by atoms with Crippen molar-refractivity contribution in [3.63, 3.8) is 0 Å². The highest BCUT2D eigenvalue weighted by molar-refractivity contribution is 7.09. The number of rotatable bonds is 4. The molecule has 162 valence electrons. The molecule has 1 N–H and O–H groups in total. The number of urea groups is 1. The third kappa shape index (κ3) is 4.99. The largest absolute Gasteiger partial charge is 0.343 e. The van der Waals surface area contributed by atoms with E-state index in [2.05, 4.69) is 50.8 Å². The lowest BCUT2D eigenvalue weighted by atomic mass is 10.1. The fourth-order valence-corrected chi connectivity index (χ4v) is 4.26. The quantitative estimate of drug-likeness (QED) is 0.647. The first-order chi connectivity index (χ1) is 14.9.